The highest BCUT2D eigenvalue weighted by Crippen LogP contribution is 2.51. The van der Waals surface area contributed by atoms with Gasteiger partial charge < -0.3 is 19.8 Å². The lowest BCUT2D eigenvalue weighted by Crippen LogP contribution is -2.37. The van der Waals surface area contributed by atoms with Crippen molar-refractivity contribution in [3.05, 3.63) is 24.2 Å². The number of aryl methyl sites for hydroxylation is 1. The van der Waals surface area contributed by atoms with Gasteiger partial charge in [0.05, 0.1) is 11.5 Å². The Morgan fingerprint density at radius 3 is 2.72 bits per heavy atom. The van der Waals surface area contributed by atoms with Crippen LogP contribution in [0.4, 0.5) is 6.01 Å². The molecule has 1 saturated carbocycles. The summed E-state index contributed by atoms with van der Waals surface area (Å²) in [5.41, 5.74) is 6.45. The first-order valence-electron chi connectivity index (χ1n) is 11.4. The molecule has 32 heavy (non-hydrogen) atoms. The Morgan fingerprint density at radius 2 is 2.06 bits per heavy atom. The summed E-state index contributed by atoms with van der Waals surface area (Å²) >= 11 is 0. The van der Waals surface area contributed by atoms with Gasteiger partial charge in [0.2, 0.25) is 11.8 Å². The second kappa shape index (κ2) is 9.35. The van der Waals surface area contributed by atoms with Gasteiger partial charge in [-0.25, -0.2) is 13.4 Å². The predicted octanol–water partition coefficient (Wildman–Crippen LogP) is 2.61. The van der Waals surface area contributed by atoms with Crippen molar-refractivity contribution in [2.24, 2.45) is 17.6 Å². The first kappa shape index (κ1) is 23.0. The van der Waals surface area contributed by atoms with Crippen LogP contribution in [0.25, 0.3) is 0 Å². The van der Waals surface area contributed by atoms with E-state index in [9.17, 15) is 8.42 Å². The standard InChI is InChI=1S/C22H33N5O4S/c1-3-4-5-20-25-26-21(31-20)27-11-8-16(9-12-27)18-14-22(18,23)10-13-30-19-7-6-17(15-24-19)32(2,28)29/h6-7,15-16,18H,3-5,8-14,23H2,1-2H3. The van der Waals surface area contributed by atoms with Gasteiger partial charge in [-0.1, -0.05) is 18.4 Å². The van der Waals surface area contributed by atoms with Crippen LogP contribution in [0.3, 0.4) is 0 Å². The zero-order chi connectivity index (χ0) is 22.8. The molecule has 10 heteroatoms. The highest BCUT2D eigenvalue weighted by atomic mass is 32.2. The van der Waals surface area contributed by atoms with Crippen LogP contribution in [0.15, 0.2) is 27.6 Å². The number of nitrogens with zero attached hydrogens (tertiary/aromatic N) is 4. The Hall–Kier alpha value is -2.20. The van der Waals surface area contributed by atoms with Crippen LogP contribution in [-0.4, -0.2) is 55.1 Å². The molecule has 1 aliphatic heterocycles. The fraction of sp³-hybridized carbons (Fsp3) is 0.682. The average Bonchev–Trinajstić information content (AvgIpc) is 3.22. The summed E-state index contributed by atoms with van der Waals surface area (Å²) in [5, 5.41) is 8.39. The highest BCUT2D eigenvalue weighted by molar-refractivity contribution is 7.90. The monoisotopic (exact) mass is 463 g/mol. The van der Waals surface area contributed by atoms with Crippen molar-refractivity contribution >= 4 is 15.9 Å². The summed E-state index contributed by atoms with van der Waals surface area (Å²) in [6, 6.07) is 3.75. The topological polar surface area (TPSA) is 124 Å². The minimum absolute atomic E-state index is 0.183. The second-order valence-electron chi connectivity index (χ2n) is 9.15. The quantitative estimate of drug-likeness (QED) is 0.566. The van der Waals surface area contributed by atoms with E-state index in [1.54, 1.807) is 6.07 Å². The molecule has 2 aliphatic rings. The molecule has 9 nitrogen and oxygen atoms in total. The van der Waals surface area contributed by atoms with Gasteiger partial charge in [-0.2, -0.15) is 0 Å². The largest absolute Gasteiger partial charge is 0.478 e. The minimum atomic E-state index is -3.25. The van der Waals surface area contributed by atoms with Crippen molar-refractivity contribution in [1.82, 2.24) is 15.2 Å². The molecule has 2 unspecified atom stereocenters. The van der Waals surface area contributed by atoms with E-state index in [0.717, 1.165) is 70.2 Å². The van der Waals surface area contributed by atoms with Gasteiger partial charge in [-0.05, 0) is 50.0 Å². The smallest absolute Gasteiger partial charge is 0.318 e. The van der Waals surface area contributed by atoms with Gasteiger partial charge in [0, 0.05) is 43.6 Å². The Balaban J connectivity index is 1.20. The molecule has 2 atom stereocenters. The molecule has 176 valence electrons. The van der Waals surface area contributed by atoms with Crippen molar-refractivity contribution in [3.63, 3.8) is 0 Å². The maximum absolute atomic E-state index is 11.5. The zero-order valence-corrected chi connectivity index (χ0v) is 19.7. The van der Waals surface area contributed by atoms with E-state index in [2.05, 4.69) is 27.0 Å². The Labute approximate surface area is 189 Å². The molecule has 4 rings (SSSR count). The third kappa shape index (κ3) is 5.40. The second-order valence-corrected chi connectivity index (χ2v) is 11.2. The zero-order valence-electron chi connectivity index (χ0n) is 18.9. The molecular weight excluding hydrogens is 430 g/mol. The third-order valence-corrected chi connectivity index (χ3v) is 7.81. The Morgan fingerprint density at radius 1 is 1.28 bits per heavy atom. The summed E-state index contributed by atoms with van der Waals surface area (Å²) in [6.45, 7) is 4.46. The van der Waals surface area contributed by atoms with Crippen molar-refractivity contribution in [2.75, 3.05) is 30.9 Å². The van der Waals surface area contributed by atoms with Gasteiger partial charge in [0.15, 0.2) is 9.84 Å². The maximum atomic E-state index is 11.5. The van der Waals surface area contributed by atoms with Crippen LogP contribution < -0.4 is 15.4 Å². The lowest BCUT2D eigenvalue weighted by atomic mass is 9.89. The molecule has 0 amide bonds. The molecule has 2 N–H and O–H groups in total. The normalized spacial score (nSPS) is 24.0. The molecule has 1 saturated heterocycles. The number of sulfone groups is 1. The number of anilines is 1. The number of hydrogen-bond acceptors (Lipinski definition) is 9. The number of hydrogen-bond donors (Lipinski definition) is 1. The molecule has 1 aliphatic carbocycles. The predicted molar refractivity (Wildman–Crippen MR) is 120 cm³/mol. The van der Waals surface area contributed by atoms with Crippen molar-refractivity contribution in [2.45, 2.75) is 62.3 Å². The fourth-order valence-electron chi connectivity index (χ4n) is 4.59. The van der Waals surface area contributed by atoms with E-state index in [0.29, 0.717) is 30.3 Å². The number of pyridine rings is 1. The molecule has 3 heterocycles. The first-order valence-corrected chi connectivity index (χ1v) is 13.3. The summed E-state index contributed by atoms with van der Waals surface area (Å²) in [4.78, 5) is 6.46. The lowest BCUT2D eigenvalue weighted by molar-refractivity contribution is 0.262. The molecule has 2 fully saturated rings. The van der Waals surface area contributed by atoms with Crippen molar-refractivity contribution in [3.8, 4) is 5.88 Å². The molecule has 2 aromatic rings. The van der Waals surface area contributed by atoms with E-state index < -0.39 is 9.84 Å². The summed E-state index contributed by atoms with van der Waals surface area (Å²) in [5.74, 6) is 2.26. The van der Waals surface area contributed by atoms with E-state index in [1.807, 2.05) is 0 Å². The molecular formula is C22H33N5O4S. The lowest BCUT2D eigenvalue weighted by Gasteiger charge is -2.31. The Bertz CT molecular complexity index is 1000. The SMILES string of the molecule is CCCCc1nnc(N2CCC(C3CC3(N)CCOc3ccc(S(C)(=O)=O)cn3)CC2)o1. The number of nitrogens with two attached hydrogens (primary N) is 1. The van der Waals surface area contributed by atoms with E-state index in [-0.39, 0.29) is 10.4 Å². The van der Waals surface area contributed by atoms with Gasteiger partial charge in [-0.15, -0.1) is 5.10 Å². The number of unbranched alkanes of at least 4 members (excludes halogenated alkanes) is 1. The van der Waals surface area contributed by atoms with E-state index in [4.69, 9.17) is 14.9 Å². The fourth-order valence-corrected chi connectivity index (χ4v) is 5.15. The third-order valence-electron chi connectivity index (χ3n) is 6.71. The molecule has 0 radical (unpaired) electrons. The number of piperidine rings is 1. The van der Waals surface area contributed by atoms with Crippen LogP contribution >= 0.6 is 0 Å². The summed E-state index contributed by atoms with van der Waals surface area (Å²) < 4.78 is 34.6. The van der Waals surface area contributed by atoms with E-state index >= 15 is 0 Å². The molecule has 2 aromatic heterocycles. The minimum Gasteiger partial charge on any atom is -0.478 e. The Kier molecular flexibility index (Phi) is 6.71. The number of ether oxygens (including phenoxy) is 1. The molecule has 0 spiro atoms. The summed E-state index contributed by atoms with van der Waals surface area (Å²) in [7, 11) is -3.25. The van der Waals surface area contributed by atoms with Gasteiger partial charge >= 0.3 is 6.01 Å². The first-order chi connectivity index (χ1) is 15.3. The van der Waals surface area contributed by atoms with Crippen LogP contribution in [-0.2, 0) is 16.3 Å². The maximum Gasteiger partial charge on any atom is 0.318 e. The van der Waals surface area contributed by atoms with Gasteiger partial charge in [0.25, 0.3) is 0 Å². The van der Waals surface area contributed by atoms with E-state index in [1.165, 1.54) is 12.3 Å². The molecule has 0 aromatic carbocycles. The van der Waals surface area contributed by atoms with Gasteiger partial charge in [0.1, 0.15) is 0 Å². The number of rotatable bonds is 10. The number of aromatic nitrogens is 3. The van der Waals surface area contributed by atoms with Crippen molar-refractivity contribution in [1.29, 1.82) is 0 Å². The molecule has 0 bridgehead atoms. The van der Waals surface area contributed by atoms with Crippen molar-refractivity contribution < 1.29 is 17.6 Å². The summed E-state index contributed by atoms with van der Waals surface area (Å²) in [6.07, 6.45) is 9.44. The van der Waals surface area contributed by atoms with Crippen LogP contribution in [0, 0.1) is 11.8 Å². The van der Waals surface area contributed by atoms with Gasteiger partial charge in [-0.3, -0.25) is 0 Å². The van der Waals surface area contributed by atoms with Crippen LogP contribution in [0.1, 0.15) is 51.3 Å². The van der Waals surface area contributed by atoms with Crippen LogP contribution in [0.5, 0.6) is 5.88 Å². The average molecular weight is 464 g/mol. The van der Waals surface area contributed by atoms with Crippen LogP contribution in [0.2, 0.25) is 0 Å². The highest BCUT2D eigenvalue weighted by Gasteiger charge is 2.54.